The van der Waals surface area contributed by atoms with Crippen LogP contribution in [-0.4, -0.2) is 17.5 Å². The van der Waals surface area contributed by atoms with E-state index in [9.17, 15) is 0 Å². The Morgan fingerprint density at radius 1 is 1.47 bits per heavy atom. The molecule has 1 unspecified atom stereocenters. The van der Waals surface area contributed by atoms with Crippen molar-refractivity contribution in [2.24, 2.45) is 0 Å². The molecule has 1 rings (SSSR count). The predicted molar refractivity (Wildman–Crippen MR) is 71.7 cm³/mol. The van der Waals surface area contributed by atoms with Gasteiger partial charge in [-0.3, -0.25) is 0 Å². The molecule has 0 fully saturated rings. The largest absolute Gasteiger partial charge is 0.398 e. The van der Waals surface area contributed by atoms with Gasteiger partial charge >= 0.3 is 0 Å². The van der Waals surface area contributed by atoms with E-state index in [4.69, 9.17) is 5.73 Å². The van der Waals surface area contributed by atoms with Gasteiger partial charge in [-0.1, -0.05) is 13.0 Å². The third-order valence-corrected chi connectivity index (χ3v) is 3.49. The Hall–Kier alpha value is -0.830. The number of anilines is 2. The van der Waals surface area contributed by atoms with Crippen molar-refractivity contribution in [1.82, 2.24) is 0 Å². The lowest BCUT2D eigenvalue weighted by Crippen LogP contribution is -2.18. The molecule has 0 saturated carbocycles. The van der Waals surface area contributed by atoms with Crippen molar-refractivity contribution < 1.29 is 0 Å². The highest BCUT2D eigenvalue weighted by Gasteiger charge is 2.05. The van der Waals surface area contributed by atoms with Crippen molar-refractivity contribution in [1.29, 1.82) is 0 Å². The van der Waals surface area contributed by atoms with E-state index in [-0.39, 0.29) is 0 Å². The van der Waals surface area contributed by atoms with Gasteiger partial charge in [-0.15, -0.1) is 0 Å². The SMILES string of the molecule is CCSCC(C)Nc1cccc(N)c1C. The first-order valence-corrected chi connectivity index (χ1v) is 6.50. The Balaban J connectivity index is 2.60. The fraction of sp³-hybridized carbons (Fsp3) is 0.500. The van der Waals surface area contributed by atoms with Crippen molar-refractivity contribution in [2.75, 3.05) is 22.6 Å². The fourth-order valence-corrected chi connectivity index (χ4v) is 2.08. The van der Waals surface area contributed by atoms with E-state index in [1.807, 2.05) is 23.9 Å². The molecule has 0 bridgehead atoms. The van der Waals surface area contributed by atoms with E-state index in [2.05, 4.69) is 32.2 Å². The van der Waals surface area contributed by atoms with Crippen molar-refractivity contribution in [3.8, 4) is 0 Å². The second kappa shape index (κ2) is 5.91. The maximum absolute atomic E-state index is 5.85. The number of hydrogen-bond acceptors (Lipinski definition) is 3. The van der Waals surface area contributed by atoms with E-state index >= 15 is 0 Å². The van der Waals surface area contributed by atoms with Crippen molar-refractivity contribution in [2.45, 2.75) is 26.8 Å². The first-order chi connectivity index (χ1) is 7.15. The van der Waals surface area contributed by atoms with Gasteiger partial charge in [-0.2, -0.15) is 11.8 Å². The van der Waals surface area contributed by atoms with Gasteiger partial charge in [0, 0.05) is 23.2 Å². The molecule has 3 N–H and O–H groups in total. The zero-order valence-corrected chi connectivity index (χ0v) is 10.5. The molecular formula is C12H20N2S. The molecule has 0 spiro atoms. The lowest BCUT2D eigenvalue weighted by molar-refractivity contribution is 0.911. The van der Waals surface area contributed by atoms with Crippen LogP contribution in [0.25, 0.3) is 0 Å². The van der Waals surface area contributed by atoms with Crippen LogP contribution in [0.1, 0.15) is 19.4 Å². The number of nitrogens with two attached hydrogens (primary N) is 1. The van der Waals surface area contributed by atoms with Gasteiger partial charge in [0.1, 0.15) is 0 Å². The summed E-state index contributed by atoms with van der Waals surface area (Å²) in [5, 5.41) is 3.48. The molecule has 1 aromatic carbocycles. The highest BCUT2D eigenvalue weighted by molar-refractivity contribution is 7.99. The molecule has 15 heavy (non-hydrogen) atoms. The topological polar surface area (TPSA) is 38.0 Å². The summed E-state index contributed by atoms with van der Waals surface area (Å²) in [4.78, 5) is 0. The average molecular weight is 224 g/mol. The Bertz CT molecular complexity index is 312. The lowest BCUT2D eigenvalue weighted by atomic mass is 10.1. The maximum atomic E-state index is 5.85. The molecule has 1 aromatic rings. The monoisotopic (exact) mass is 224 g/mol. The van der Waals surface area contributed by atoms with E-state index in [0.717, 1.165) is 22.7 Å². The summed E-state index contributed by atoms with van der Waals surface area (Å²) in [7, 11) is 0. The zero-order valence-electron chi connectivity index (χ0n) is 9.71. The second-order valence-electron chi connectivity index (χ2n) is 3.72. The number of benzene rings is 1. The lowest BCUT2D eigenvalue weighted by Gasteiger charge is -2.17. The molecule has 0 aliphatic rings. The van der Waals surface area contributed by atoms with E-state index in [1.54, 1.807) is 0 Å². The average Bonchev–Trinajstić information content (AvgIpc) is 2.22. The van der Waals surface area contributed by atoms with Crippen molar-refractivity contribution in [3.63, 3.8) is 0 Å². The van der Waals surface area contributed by atoms with Crippen molar-refractivity contribution in [3.05, 3.63) is 23.8 Å². The molecule has 1 atom stereocenters. The Labute approximate surface area is 96.6 Å². The fourth-order valence-electron chi connectivity index (χ4n) is 1.41. The summed E-state index contributed by atoms with van der Waals surface area (Å²) in [6.07, 6.45) is 0. The predicted octanol–water partition coefficient (Wildman–Crippen LogP) is 3.13. The quantitative estimate of drug-likeness (QED) is 0.755. The number of nitrogen functional groups attached to an aromatic ring is 1. The van der Waals surface area contributed by atoms with Gasteiger partial charge < -0.3 is 11.1 Å². The minimum Gasteiger partial charge on any atom is -0.398 e. The molecule has 0 radical (unpaired) electrons. The molecule has 0 aliphatic heterocycles. The summed E-state index contributed by atoms with van der Waals surface area (Å²) in [6.45, 7) is 6.44. The number of rotatable bonds is 5. The summed E-state index contributed by atoms with van der Waals surface area (Å²) < 4.78 is 0. The third-order valence-electron chi connectivity index (χ3n) is 2.35. The van der Waals surface area contributed by atoms with Gasteiger partial charge in [0.2, 0.25) is 0 Å². The van der Waals surface area contributed by atoms with Crippen molar-refractivity contribution >= 4 is 23.1 Å². The van der Waals surface area contributed by atoms with Crippen LogP contribution in [0.3, 0.4) is 0 Å². The first-order valence-electron chi connectivity index (χ1n) is 5.34. The molecule has 0 saturated heterocycles. The van der Waals surface area contributed by atoms with Crippen LogP contribution in [0.5, 0.6) is 0 Å². The number of nitrogens with one attached hydrogen (secondary N) is 1. The highest BCUT2D eigenvalue weighted by Crippen LogP contribution is 2.21. The summed E-state index contributed by atoms with van der Waals surface area (Å²) in [5.74, 6) is 2.30. The smallest absolute Gasteiger partial charge is 0.0392 e. The molecule has 0 aromatic heterocycles. The summed E-state index contributed by atoms with van der Waals surface area (Å²) >= 11 is 1.95. The second-order valence-corrected chi connectivity index (χ2v) is 5.04. The minimum atomic E-state index is 0.482. The van der Waals surface area contributed by atoms with Gasteiger partial charge in [-0.05, 0) is 37.3 Å². The van der Waals surface area contributed by atoms with Gasteiger partial charge in [0.15, 0.2) is 0 Å². The standard InChI is InChI=1S/C12H20N2S/c1-4-15-8-9(2)14-12-7-5-6-11(13)10(12)3/h5-7,9,14H,4,8,13H2,1-3H3. The number of thioether (sulfide) groups is 1. The first kappa shape index (κ1) is 12.2. The minimum absolute atomic E-state index is 0.482. The molecule has 2 nitrogen and oxygen atoms in total. The van der Waals surface area contributed by atoms with Crippen LogP contribution in [-0.2, 0) is 0 Å². The van der Waals surface area contributed by atoms with E-state index in [0.29, 0.717) is 6.04 Å². The highest BCUT2D eigenvalue weighted by atomic mass is 32.2. The zero-order chi connectivity index (χ0) is 11.3. The maximum Gasteiger partial charge on any atom is 0.0392 e. The summed E-state index contributed by atoms with van der Waals surface area (Å²) in [6, 6.07) is 6.49. The van der Waals surface area contributed by atoms with Gasteiger partial charge in [0.25, 0.3) is 0 Å². The van der Waals surface area contributed by atoms with Crippen LogP contribution in [0.15, 0.2) is 18.2 Å². The molecule has 3 heteroatoms. The third kappa shape index (κ3) is 3.67. The molecule has 0 heterocycles. The Morgan fingerprint density at radius 3 is 2.87 bits per heavy atom. The molecule has 0 amide bonds. The normalized spacial score (nSPS) is 12.5. The summed E-state index contributed by atoms with van der Waals surface area (Å²) in [5.41, 5.74) is 9.00. The molecule has 0 aliphatic carbocycles. The van der Waals surface area contributed by atoms with Crippen LogP contribution in [0, 0.1) is 6.92 Å². The van der Waals surface area contributed by atoms with Gasteiger partial charge in [0.05, 0.1) is 0 Å². The molecule has 84 valence electrons. The molecular weight excluding hydrogens is 204 g/mol. The number of hydrogen-bond donors (Lipinski definition) is 2. The van der Waals surface area contributed by atoms with Crippen LogP contribution < -0.4 is 11.1 Å². The van der Waals surface area contributed by atoms with Crippen LogP contribution >= 0.6 is 11.8 Å². The van der Waals surface area contributed by atoms with E-state index < -0.39 is 0 Å². The van der Waals surface area contributed by atoms with Crippen LogP contribution in [0.2, 0.25) is 0 Å². The Morgan fingerprint density at radius 2 is 2.20 bits per heavy atom. The van der Waals surface area contributed by atoms with E-state index in [1.165, 1.54) is 5.75 Å². The van der Waals surface area contributed by atoms with Crippen LogP contribution in [0.4, 0.5) is 11.4 Å². The Kier molecular flexibility index (Phi) is 4.82. The van der Waals surface area contributed by atoms with Gasteiger partial charge in [-0.25, -0.2) is 0 Å².